The highest BCUT2D eigenvalue weighted by Gasteiger charge is 2.18. The first-order chi connectivity index (χ1) is 14.4. The Bertz CT molecular complexity index is 1170. The number of fused-ring (bicyclic) bond motifs is 3. The van der Waals surface area contributed by atoms with Gasteiger partial charge in [-0.25, -0.2) is 4.79 Å². The van der Waals surface area contributed by atoms with Crippen molar-refractivity contribution in [2.24, 2.45) is 0 Å². The Morgan fingerprint density at radius 3 is 2.73 bits per heavy atom. The number of amides is 1. The van der Waals surface area contributed by atoms with Crippen LogP contribution in [0.3, 0.4) is 0 Å². The summed E-state index contributed by atoms with van der Waals surface area (Å²) in [6.07, 6.45) is 4.27. The van der Waals surface area contributed by atoms with Gasteiger partial charge < -0.3 is 15.0 Å². The number of halogens is 1. The number of non-ortho nitro benzene ring substituents is 1. The zero-order valence-electron chi connectivity index (χ0n) is 15.9. The van der Waals surface area contributed by atoms with E-state index in [4.69, 9.17) is 16.3 Å². The fourth-order valence-electron chi connectivity index (χ4n) is 3.65. The van der Waals surface area contributed by atoms with Gasteiger partial charge in [0, 0.05) is 28.7 Å². The molecule has 154 valence electrons. The van der Waals surface area contributed by atoms with Gasteiger partial charge in [-0.15, -0.1) is 0 Å². The number of aromatic nitrogens is 1. The van der Waals surface area contributed by atoms with E-state index in [1.165, 1.54) is 23.4 Å². The lowest BCUT2D eigenvalue weighted by Crippen LogP contribution is -2.21. The quantitative estimate of drug-likeness (QED) is 0.355. The smallest absolute Gasteiger partial charge is 0.338 e. The summed E-state index contributed by atoms with van der Waals surface area (Å²) in [5.41, 5.74) is 3.84. The second kappa shape index (κ2) is 8.16. The van der Waals surface area contributed by atoms with Crippen molar-refractivity contribution in [3.8, 4) is 0 Å². The number of nitrogens with zero attached hydrogens (tertiary/aromatic N) is 1. The third-order valence-corrected chi connectivity index (χ3v) is 5.42. The monoisotopic (exact) mass is 427 g/mol. The predicted octanol–water partition coefficient (Wildman–Crippen LogP) is 4.40. The van der Waals surface area contributed by atoms with Crippen LogP contribution in [0, 0.1) is 10.1 Å². The van der Waals surface area contributed by atoms with Gasteiger partial charge in [0.2, 0.25) is 0 Å². The zero-order chi connectivity index (χ0) is 21.3. The number of anilines is 1. The lowest BCUT2D eigenvalue weighted by atomic mass is 9.95. The van der Waals surface area contributed by atoms with Gasteiger partial charge in [0.05, 0.1) is 21.2 Å². The average Bonchev–Trinajstić information content (AvgIpc) is 3.11. The van der Waals surface area contributed by atoms with Crippen molar-refractivity contribution < 1.29 is 19.2 Å². The number of nitro benzene ring substituents is 1. The first-order valence-corrected chi connectivity index (χ1v) is 9.84. The number of carbonyl (C=O) groups excluding carboxylic acids is 2. The van der Waals surface area contributed by atoms with Crippen LogP contribution in [0.4, 0.5) is 11.4 Å². The Hall–Kier alpha value is -3.39. The predicted molar refractivity (Wildman–Crippen MR) is 112 cm³/mol. The number of hydrogen-bond donors (Lipinski definition) is 2. The van der Waals surface area contributed by atoms with Crippen LogP contribution in [0.5, 0.6) is 0 Å². The highest BCUT2D eigenvalue weighted by atomic mass is 35.5. The second-order valence-electron chi connectivity index (χ2n) is 7.10. The fourth-order valence-corrected chi connectivity index (χ4v) is 3.87. The molecule has 1 aromatic heterocycles. The molecule has 0 fully saturated rings. The number of H-pyrrole nitrogens is 1. The van der Waals surface area contributed by atoms with Crippen molar-refractivity contribution in [2.75, 3.05) is 11.9 Å². The summed E-state index contributed by atoms with van der Waals surface area (Å²) in [4.78, 5) is 38.1. The first-order valence-electron chi connectivity index (χ1n) is 9.47. The van der Waals surface area contributed by atoms with Crippen LogP contribution in [-0.2, 0) is 22.4 Å². The van der Waals surface area contributed by atoms with E-state index in [-0.39, 0.29) is 16.4 Å². The molecule has 9 heteroatoms. The van der Waals surface area contributed by atoms with Gasteiger partial charge in [0.15, 0.2) is 6.61 Å². The molecule has 0 aliphatic heterocycles. The van der Waals surface area contributed by atoms with E-state index in [1.54, 1.807) is 12.1 Å². The van der Waals surface area contributed by atoms with Gasteiger partial charge in [-0.3, -0.25) is 14.9 Å². The molecule has 0 spiro atoms. The maximum absolute atomic E-state index is 12.4. The van der Waals surface area contributed by atoms with Crippen molar-refractivity contribution in [3.63, 3.8) is 0 Å². The number of hydrogen-bond acceptors (Lipinski definition) is 5. The highest BCUT2D eigenvalue weighted by Crippen LogP contribution is 2.30. The minimum atomic E-state index is -0.604. The Morgan fingerprint density at radius 1 is 1.17 bits per heavy atom. The van der Waals surface area contributed by atoms with Gasteiger partial charge >= 0.3 is 5.97 Å². The average molecular weight is 428 g/mol. The number of nitrogens with one attached hydrogen (secondary N) is 2. The molecule has 8 nitrogen and oxygen atoms in total. The summed E-state index contributed by atoms with van der Waals surface area (Å²) in [5.74, 6) is -1.20. The molecular formula is C21H18ClN3O5. The van der Waals surface area contributed by atoms with E-state index >= 15 is 0 Å². The van der Waals surface area contributed by atoms with Crippen molar-refractivity contribution >= 4 is 45.8 Å². The molecule has 0 saturated carbocycles. The zero-order valence-corrected chi connectivity index (χ0v) is 16.6. The van der Waals surface area contributed by atoms with Crippen LogP contribution in [0.1, 0.15) is 34.5 Å². The molecule has 0 atom stereocenters. The van der Waals surface area contributed by atoms with Crippen LogP contribution >= 0.6 is 11.6 Å². The van der Waals surface area contributed by atoms with Crippen LogP contribution in [0.15, 0.2) is 36.4 Å². The molecular weight excluding hydrogens is 410 g/mol. The van der Waals surface area contributed by atoms with E-state index in [1.807, 2.05) is 6.07 Å². The fraction of sp³-hybridized carbons (Fsp3) is 0.238. The van der Waals surface area contributed by atoms with E-state index in [0.717, 1.165) is 42.7 Å². The van der Waals surface area contributed by atoms with Crippen LogP contribution in [0.25, 0.3) is 10.9 Å². The lowest BCUT2D eigenvalue weighted by molar-refractivity contribution is -0.384. The number of ether oxygens (including phenoxy) is 1. The molecule has 2 aromatic carbocycles. The number of nitro groups is 1. The number of aromatic amines is 1. The molecule has 2 N–H and O–H groups in total. The van der Waals surface area contributed by atoms with E-state index in [2.05, 4.69) is 10.3 Å². The molecule has 30 heavy (non-hydrogen) atoms. The Labute approximate surface area is 176 Å². The SMILES string of the molecule is O=C(COC(=O)c1ccc2[nH]c3c(c2c1)CCCC3)Nc1ccc([N+](=O)[O-])cc1Cl. The minimum absolute atomic E-state index is 0.0200. The molecule has 1 heterocycles. The summed E-state index contributed by atoms with van der Waals surface area (Å²) in [7, 11) is 0. The van der Waals surface area contributed by atoms with E-state index in [0.29, 0.717) is 5.56 Å². The van der Waals surface area contributed by atoms with Gasteiger partial charge in [-0.1, -0.05) is 11.6 Å². The van der Waals surface area contributed by atoms with Crippen LogP contribution < -0.4 is 5.32 Å². The second-order valence-corrected chi connectivity index (χ2v) is 7.50. The van der Waals surface area contributed by atoms with Crippen LogP contribution in [0.2, 0.25) is 5.02 Å². The molecule has 1 aliphatic carbocycles. The highest BCUT2D eigenvalue weighted by molar-refractivity contribution is 6.34. The van der Waals surface area contributed by atoms with Gasteiger partial charge in [-0.05, 0) is 55.5 Å². The molecule has 4 rings (SSSR count). The Balaban J connectivity index is 1.41. The number of rotatable bonds is 5. The summed E-state index contributed by atoms with van der Waals surface area (Å²) in [5, 5.41) is 14.3. The molecule has 1 aliphatic rings. The molecule has 3 aromatic rings. The van der Waals surface area contributed by atoms with Crippen molar-refractivity contribution in [2.45, 2.75) is 25.7 Å². The third-order valence-electron chi connectivity index (χ3n) is 5.11. The van der Waals surface area contributed by atoms with Crippen molar-refractivity contribution in [1.82, 2.24) is 4.98 Å². The number of carbonyl (C=O) groups is 2. The summed E-state index contributed by atoms with van der Waals surface area (Å²) in [6, 6.07) is 8.99. The van der Waals surface area contributed by atoms with Gasteiger partial charge in [0.25, 0.3) is 11.6 Å². The van der Waals surface area contributed by atoms with Crippen molar-refractivity contribution in [3.05, 3.63) is 68.4 Å². The summed E-state index contributed by atoms with van der Waals surface area (Å²) in [6.45, 7) is -0.505. The maximum atomic E-state index is 12.4. The standard InChI is InChI=1S/C21H18ClN3O5/c22-16-10-13(25(28)29)6-8-19(16)24-20(26)11-30-21(27)12-5-7-18-15(9-12)14-3-1-2-4-17(14)23-18/h5-10,23H,1-4,11H2,(H,24,26). The molecule has 0 unspecified atom stereocenters. The van der Waals surface area contributed by atoms with Gasteiger partial charge in [-0.2, -0.15) is 0 Å². The number of aryl methyl sites for hydroxylation is 2. The lowest BCUT2D eigenvalue weighted by Gasteiger charge is -2.10. The topological polar surface area (TPSA) is 114 Å². The van der Waals surface area contributed by atoms with Gasteiger partial charge in [0.1, 0.15) is 0 Å². The first kappa shape index (κ1) is 19.9. The summed E-state index contributed by atoms with van der Waals surface area (Å²) >= 11 is 5.95. The molecule has 0 saturated heterocycles. The minimum Gasteiger partial charge on any atom is -0.452 e. The Kier molecular flexibility index (Phi) is 5.41. The Morgan fingerprint density at radius 2 is 1.97 bits per heavy atom. The molecule has 0 bridgehead atoms. The molecule has 0 radical (unpaired) electrons. The normalized spacial score (nSPS) is 13.0. The molecule has 1 amide bonds. The van der Waals surface area contributed by atoms with Crippen LogP contribution in [-0.4, -0.2) is 28.4 Å². The van der Waals surface area contributed by atoms with E-state index < -0.39 is 23.4 Å². The maximum Gasteiger partial charge on any atom is 0.338 e. The third kappa shape index (κ3) is 3.99. The van der Waals surface area contributed by atoms with Crippen molar-refractivity contribution in [1.29, 1.82) is 0 Å². The number of benzene rings is 2. The largest absolute Gasteiger partial charge is 0.452 e. The number of esters is 1. The summed E-state index contributed by atoms with van der Waals surface area (Å²) < 4.78 is 5.12. The van der Waals surface area contributed by atoms with E-state index in [9.17, 15) is 19.7 Å².